The van der Waals surface area contributed by atoms with Gasteiger partial charge in [-0.2, -0.15) is 0 Å². The van der Waals surface area contributed by atoms with Crippen molar-refractivity contribution in [2.24, 2.45) is 11.8 Å². The molecule has 1 aromatic carbocycles. The number of imide groups is 1. The van der Waals surface area contributed by atoms with Gasteiger partial charge in [-0.15, -0.1) is 0 Å². The fourth-order valence-corrected chi connectivity index (χ4v) is 5.18. The highest BCUT2D eigenvalue weighted by atomic mass is 16.5. The molecule has 0 bridgehead atoms. The van der Waals surface area contributed by atoms with Gasteiger partial charge in [-0.1, -0.05) is 43.7 Å². The molecule has 262 valence electrons. The fraction of sp³-hybridized carbons (Fsp3) is 0.576. The Morgan fingerprint density at radius 1 is 0.833 bits per heavy atom. The summed E-state index contributed by atoms with van der Waals surface area (Å²) in [4.78, 5) is 99.0. The van der Waals surface area contributed by atoms with Crippen LogP contribution in [0.15, 0.2) is 30.3 Å². The normalized spacial score (nSPS) is 16.9. The van der Waals surface area contributed by atoms with Crippen molar-refractivity contribution in [2.75, 3.05) is 32.9 Å². The smallest absolute Gasteiger partial charge is 0.243 e. The average Bonchev–Trinajstić information content (AvgIpc) is 3.86. The Labute approximate surface area is 279 Å². The first-order valence-electron chi connectivity index (χ1n) is 16.3. The largest absolute Gasteiger partial charge is 0.350 e. The third-order valence-electron chi connectivity index (χ3n) is 7.99. The minimum atomic E-state index is -1.05. The summed E-state index contributed by atoms with van der Waals surface area (Å²) < 4.78 is 5.48. The Bertz CT molecular complexity index is 1330. The van der Waals surface area contributed by atoms with Crippen molar-refractivity contribution in [3.8, 4) is 0 Å². The third kappa shape index (κ3) is 13.2. The number of rotatable bonds is 21. The average molecular weight is 671 g/mol. The summed E-state index contributed by atoms with van der Waals surface area (Å²) in [6, 6.07) is 7.87. The molecule has 15 heteroatoms. The number of carbonyl (C=O) groups excluding carboxylic acids is 8. The zero-order valence-electron chi connectivity index (χ0n) is 27.5. The number of unbranched alkanes of at least 4 members (excludes halogenated alkanes) is 2. The van der Waals surface area contributed by atoms with E-state index in [1.54, 1.807) is 37.3 Å². The van der Waals surface area contributed by atoms with Gasteiger partial charge < -0.3 is 31.3 Å². The number of hydrogen-bond donors (Lipinski definition) is 5. The molecule has 3 rings (SSSR count). The zero-order chi connectivity index (χ0) is 35.1. The van der Waals surface area contributed by atoms with Gasteiger partial charge in [-0.05, 0) is 44.1 Å². The lowest BCUT2D eigenvalue weighted by atomic mass is 10.1. The maximum absolute atomic E-state index is 13.0. The van der Waals surface area contributed by atoms with E-state index < -0.39 is 42.3 Å². The molecule has 1 saturated heterocycles. The van der Waals surface area contributed by atoms with Crippen LogP contribution in [0, 0.1) is 11.8 Å². The van der Waals surface area contributed by atoms with Gasteiger partial charge in [0.25, 0.3) is 0 Å². The molecule has 0 spiro atoms. The van der Waals surface area contributed by atoms with Gasteiger partial charge in [-0.25, -0.2) is 0 Å². The lowest BCUT2D eigenvalue weighted by molar-refractivity contribution is -0.139. The summed E-state index contributed by atoms with van der Waals surface area (Å²) in [5.41, 5.74) is 0.755. The highest BCUT2D eigenvalue weighted by molar-refractivity contribution is 6.03. The summed E-state index contributed by atoms with van der Waals surface area (Å²) >= 11 is 0. The SMILES string of the molecule is CC(=O)C(OCNC(=O)CNC(=O)[C@H](Cc1ccccc1)NC(=O)CNC(=O)CNC(=O)CCCCCN1C(=O)CC(C)C1=O)C1CC1. The minimum Gasteiger partial charge on any atom is -0.350 e. The zero-order valence-corrected chi connectivity index (χ0v) is 27.5. The molecule has 5 N–H and O–H groups in total. The highest BCUT2D eigenvalue weighted by Gasteiger charge is 2.35. The van der Waals surface area contributed by atoms with E-state index in [4.69, 9.17) is 4.74 Å². The Kier molecular flexibility index (Phi) is 15.1. The van der Waals surface area contributed by atoms with Crippen LogP contribution in [-0.4, -0.2) is 97.1 Å². The van der Waals surface area contributed by atoms with Gasteiger partial charge in [0, 0.05) is 31.7 Å². The van der Waals surface area contributed by atoms with Crippen LogP contribution >= 0.6 is 0 Å². The highest BCUT2D eigenvalue weighted by Crippen LogP contribution is 2.34. The lowest BCUT2D eigenvalue weighted by Crippen LogP contribution is -2.52. The summed E-state index contributed by atoms with van der Waals surface area (Å²) in [5.74, 6) is -3.31. The van der Waals surface area contributed by atoms with E-state index in [-0.39, 0.29) is 74.4 Å². The van der Waals surface area contributed by atoms with Crippen LogP contribution in [-0.2, 0) is 49.5 Å². The van der Waals surface area contributed by atoms with Gasteiger partial charge in [-0.3, -0.25) is 43.3 Å². The molecule has 0 aromatic heterocycles. The second-order valence-corrected chi connectivity index (χ2v) is 12.2. The summed E-state index contributed by atoms with van der Waals surface area (Å²) in [6.07, 6.45) is 3.49. The van der Waals surface area contributed by atoms with Crippen LogP contribution in [0.3, 0.4) is 0 Å². The molecular formula is C33H46N6O9. The van der Waals surface area contributed by atoms with Crippen molar-refractivity contribution < 1.29 is 43.1 Å². The number of Topliss-reactive ketones (excluding diaryl/α,β-unsaturated/α-hetero) is 1. The Hall–Kier alpha value is -4.66. The number of ketones is 1. The van der Waals surface area contributed by atoms with Crippen molar-refractivity contribution in [3.63, 3.8) is 0 Å². The molecule has 1 saturated carbocycles. The number of benzene rings is 1. The monoisotopic (exact) mass is 670 g/mol. The molecule has 1 aliphatic carbocycles. The first-order chi connectivity index (χ1) is 22.9. The van der Waals surface area contributed by atoms with E-state index in [1.807, 2.05) is 0 Å². The van der Waals surface area contributed by atoms with Crippen molar-refractivity contribution in [1.82, 2.24) is 31.5 Å². The second-order valence-electron chi connectivity index (χ2n) is 12.2. The first-order valence-corrected chi connectivity index (χ1v) is 16.3. The van der Waals surface area contributed by atoms with Gasteiger partial charge in [0.2, 0.25) is 41.4 Å². The predicted octanol–water partition coefficient (Wildman–Crippen LogP) is -0.524. The second kappa shape index (κ2) is 19.2. The van der Waals surface area contributed by atoms with Crippen LogP contribution < -0.4 is 26.6 Å². The molecule has 15 nitrogen and oxygen atoms in total. The lowest BCUT2D eigenvalue weighted by Gasteiger charge is -2.19. The van der Waals surface area contributed by atoms with E-state index in [0.29, 0.717) is 25.8 Å². The number of amides is 7. The van der Waals surface area contributed by atoms with Gasteiger partial charge >= 0.3 is 0 Å². The van der Waals surface area contributed by atoms with Crippen molar-refractivity contribution in [1.29, 1.82) is 0 Å². The number of ether oxygens (including phenoxy) is 1. The number of hydrogen-bond acceptors (Lipinski definition) is 9. The van der Waals surface area contributed by atoms with Crippen LogP contribution in [0.25, 0.3) is 0 Å². The molecule has 2 unspecified atom stereocenters. The van der Waals surface area contributed by atoms with Crippen LogP contribution in [0.1, 0.15) is 64.4 Å². The van der Waals surface area contributed by atoms with Crippen LogP contribution in [0.5, 0.6) is 0 Å². The van der Waals surface area contributed by atoms with Crippen LogP contribution in [0.2, 0.25) is 0 Å². The summed E-state index contributed by atoms with van der Waals surface area (Å²) in [6.45, 7) is 2.14. The van der Waals surface area contributed by atoms with E-state index in [0.717, 1.165) is 18.4 Å². The molecule has 3 atom stereocenters. The minimum absolute atomic E-state index is 0.105. The molecule has 48 heavy (non-hydrogen) atoms. The maximum Gasteiger partial charge on any atom is 0.243 e. The Morgan fingerprint density at radius 2 is 1.48 bits per heavy atom. The molecule has 1 heterocycles. The number of nitrogens with zero attached hydrogens (tertiary/aromatic N) is 1. The quantitative estimate of drug-likeness (QED) is 0.0646. The molecule has 2 fully saturated rings. The van der Waals surface area contributed by atoms with Gasteiger partial charge in [0.15, 0.2) is 5.78 Å². The van der Waals surface area contributed by atoms with Crippen molar-refractivity contribution in [2.45, 2.75) is 77.4 Å². The molecule has 1 aromatic rings. The molecule has 7 amide bonds. The number of likely N-dealkylation sites (tertiary alicyclic amines) is 1. The van der Waals surface area contributed by atoms with E-state index in [1.165, 1.54) is 11.8 Å². The fourth-order valence-electron chi connectivity index (χ4n) is 5.18. The molecule has 0 radical (unpaired) electrons. The number of carbonyl (C=O) groups is 8. The number of nitrogens with one attached hydrogen (secondary N) is 5. The Balaban J connectivity index is 1.34. The summed E-state index contributed by atoms with van der Waals surface area (Å²) in [5, 5.41) is 12.4. The van der Waals surface area contributed by atoms with E-state index >= 15 is 0 Å². The maximum atomic E-state index is 13.0. The van der Waals surface area contributed by atoms with E-state index in [2.05, 4.69) is 26.6 Å². The predicted molar refractivity (Wildman–Crippen MR) is 171 cm³/mol. The standard InChI is InChI=1S/C33H46N6O9/c1-21-15-30(45)39(33(21)47)14-8-4-7-11-26(41)34-17-27(42)35-19-29(44)38-25(16-23-9-5-3-6-10-23)32(46)36-18-28(43)37-20-48-31(22(2)40)24-12-13-24/h3,5-6,9-10,21,24-25,31H,4,7-8,11-20H2,1-2H3,(H,34,41)(H,35,42)(H,36,46)(H,37,43)(H,38,44)/t21?,25-,31?/m0/s1. The van der Waals surface area contributed by atoms with Gasteiger partial charge in [0.1, 0.15) is 18.9 Å². The molecule has 2 aliphatic rings. The Morgan fingerprint density at radius 3 is 2.12 bits per heavy atom. The van der Waals surface area contributed by atoms with Crippen LogP contribution in [0.4, 0.5) is 0 Å². The third-order valence-corrected chi connectivity index (χ3v) is 7.99. The molecular weight excluding hydrogens is 624 g/mol. The van der Waals surface area contributed by atoms with Gasteiger partial charge in [0.05, 0.1) is 19.6 Å². The summed E-state index contributed by atoms with van der Waals surface area (Å²) in [7, 11) is 0. The topological polar surface area (TPSA) is 209 Å². The molecule has 1 aliphatic heterocycles. The van der Waals surface area contributed by atoms with Crippen molar-refractivity contribution >= 4 is 47.1 Å². The van der Waals surface area contributed by atoms with E-state index in [9.17, 15) is 38.4 Å². The first kappa shape index (κ1) is 37.8. The van der Waals surface area contributed by atoms with Crippen molar-refractivity contribution in [3.05, 3.63) is 35.9 Å².